The third kappa shape index (κ3) is 4.51. The molecule has 2 heterocycles. The first kappa shape index (κ1) is 19.7. The summed E-state index contributed by atoms with van der Waals surface area (Å²) < 4.78 is 7.04. The first-order valence-corrected chi connectivity index (χ1v) is 9.92. The highest BCUT2D eigenvalue weighted by Gasteiger charge is 2.24. The van der Waals surface area contributed by atoms with E-state index >= 15 is 0 Å². The fourth-order valence-electron chi connectivity index (χ4n) is 3.53. The van der Waals surface area contributed by atoms with Gasteiger partial charge >= 0.3 is 0 Å². The molecular weight excluding hydrogens is 380 g/mol. The second kappa shape index (κ2) is 8.82. The largest absolute Gasteiger partial charge is 0.497 e. The van der Waals surface area contributed by atoms with Crippen LogP contribution in [0.3, 0.4) is 0 Å². The number of carbonyl (C=O) groups is 2. The summed E-state index contributed by atoms with van der Waals surface area (Å²) >= 11 is 0. The lowest BCUT2D eigenvalue weighted by atomic mass is 10.1. The minimum atomic E-state index is -0.213. The van der Waals surface area contributed by atoms with Crippen molar-refractivity contribution in [3.63, 3.8) is 0 Å². The molecular formula is C23H24N4O3. The van der Waals surface area contributed by atoms with E-state index in [1.54, 1.807) is 13.2 Å². The molecule has 0 saturated carbocycles. The van der Waals surface area contributed by atoms with Gasteiger partial charge in [-0.25, -0.2) is 0 Å². The Hall–Kier alpha value is -3.61. The van der Waals surface area contributed by atoms with Crippen molar-refractivity contribution >= 4 is 11.8 Å². The van der Waals surface area contributed by atoms with Gasteiger partial charge in [-0.2, -0.15) is 5.10 Å². The van der Waals surface area contributed by atoms with Crippen LogP contribution in [0.5, 0.6) is 5.75 Å². The topological polar surface area (TPSA) is 76.5 Å². The molecule has 0 fully saturated rings. The van der Waals surface area contributed by atoms with Gasteiger partial charge in [0.15, 0.2) is 5.69 Å². The summed E-state index contributed by atoms with van der Waals surface area (Å²) in [6.07, 6.45) is 0.315. The molecule has 3 aromatic rings. The number of fused-ring (bicyclic) bond motifs is 1. The smallest absolute Gasteiger partial charge is 0.272 e. The van der Waals surface area contributed by atoms with Crippen molar-refractivity contribution in [2.24, 2.45) is 0 Å². The van der Waals surface area contributed by atoms with E-state index in [0.717, 1.165) is 22.6 Å². The van der Waals surface area contributed by atoms with Crippen LogP contribution in [0.25, 0.3) is 0 Å². The summed E-state index contributed by atoms with van der Waals surface area (Å²) in [6.45, 7) is 2.04. The summed E-state index contributed by atoms with van der Waals surface area (Å²) in [5, 5.41) is 7.31. The van der Waals surface area contributed by atoms with Crippen LogP contribution >= 0.6 is 0 Å². The van der Waals surface area contributed by atoms with E-state index in [0.29, 0.717) is 38.3 Å². The number of rotatable bonds is 6. The summed E-state index contributed by atoms with van der Waals surface area (Å²) in [4.78, 5) is 27.0. The first-order valence-electron chi connectivity index (χ1n) is 9.92. The Bertz CT molecular complexity index is 1050. The van der Waals surface area contributed by atoms with Crippen LogP contribution in [0.15, 0.2) is 60.7 Å². The monoisotopic (exact) mass is 404 g/mol. The van der Waals surface area contributed by atoms with Gasteiger partial charge in [-0.1, -0.05) is 42.5 Å². The molecule has 1 N–H and O–H groups in total. The highest BCUT2D eigenvalue weighted by molar-refractivity contribution is 5.92. The second-order valence-corrected chi connectivity index (χ2v) is 7.26. The van der Waals surface area contributed by atoms with Crippen LogP contribution in [0, 0.1) is 0 Å². The molecule has 4 rings (SSSR count). The minimum Gasteiger partial charge on any atom is -0.497 e. The van der Waals surface area contributed by atoms with E-state index < -0.39 is 0 Å². The number of hydrogen-bond donors (Lipinski definition) is 1. The second-order valence-electron chi connectivity index (χ2n) is 7.26. The standard InChI is InChI=1S/C23H24N4O3/c1-30-20-9-5-8-18(12-20)13-22(28)26-10-11-27-19(16-26)14-21(25-27)23(29)24-15-17-6-3-2-4-7-17/h2-9,12,14H,10-11,13,15-16H2,1H3,(H,24,29). The molecule has 1 aliphatic heterocycles. The molecule has 0 aliphatic carbocycles. The van der Waals surface area contributed by atoms with Gasteiger partial charge in [-0.05, 0) is 29.3 Å². The number of aromatic nitrogens is 2. The highest BCUT2D eigenvalue weighted by atomic mass is 16.5. The van der Waals surface area contributed by atoms with Crippen LogP contribution in [-0.4, -0.2) is 40.1 Å². The quantitative estimate of drug-likeness (QED) is 0.685. The van der Waals surface area contributed by atoms with Crippen molar-refractivity contribution in [1.29, 1.82) is 0 Å². The molecule has 0 saturated heterocycles. The zero-order chi connectivity index (χ0) is 20.9. The van der Waals surface area contributed by atoms with Gasteiger partial charge in [0.05, 0.1) is 32.3 Å². The lowest BCUT2D eigenvalue weighted by Crippen LogP contribution is -2.39. The maximum Gasteiger partial charge on any atom is 0.272 e. The maximum atomic E-state index is 12.8. The zero-order valence-electron chi connectivity index (χ0n) is 16.9. The normalized spacial score (nSPS) is 12.9. The van der Waals surface area contributed by atoms with Crippen molar-refractivity contribution < 1.29 is 14.3 Å². The molecule has 0 radical (unpaired) electrons. The SMILES string of the molecule is COc1cccc(CC(=O)N2CCn3nc(C(=O)NCc4ccccc4)cc3C2)c1. The number of carbonyl (C=O) groups excluding carboxylic acids is 2. The van der Waals surface area contributed by atoms with Gasteiger partial charge in [-0.3, -0.25) is 14.3 Å². The molecule has 1 aliphatic rings. The number of nitrogens with zero attached hydrogens (tertiary/aromatic N) is 3. The van der Waals surface area contributed by atoms with Crippen LogP contribution in [-0.2, 0) is 30.8 Å². The molecule has 30 heavy (non-hydrogen) atoms. The molecule has 1 aromatic heterocycles. The van der Waals surface area contributed by atoms with Crippen LogP contribution in [0.2, 0.25) is 0 Å². The van der Waals surface area contributed by atoms with E-state index in [9.17, 15) is 9.59 Å². The van der Waals surface area contributed by atoms with Gasteiger partial charge in [0.2, 0.25) is 5.91 Å². The fourth-order valence-corrected chi connectivity index (χ4v) is 3.53. The summed E-state index contributed by atoms with van der Waals surface area (Å²) in [5.41, 5.74) is 3.19. The van der Waals surface area contributed by atoms with Gasteiger partial charge in [0.1, 0.15) is 5.75 Å². The molecule has 2 aromatic carbocycles. The Labute approximate surface area is 175 Å². The average molecular weight is 404 g/mol. The van der Waals surface area contributed by atoms with Crippen LogP contribution in [0.1, 0.15) is 27.3 Å². The summed E-state index contributed by atoms with van der Waals surface area (Å²) in [5.74, 6) is 0.573. The number of ether oxygens (including phenoxy) is 1. The Morgan fingerprint density at radius 2 is 1.83 bits per heavy atom. The molecule has 0 atom stereocenters. The predicted octanol–water partition coefficient (Wildman–Crippen LogP) is 2.41. The first-order chi connectivity index (χ1) is 14.6. The summed E-state index contributed by atoms with van der Waals surface area (Å²) in [7, 11) is 1.61. The third-order valence-corrected chi connectivity index (χ3v) is 5.17. The van der Waals surface area contributed by atoms with E-state index in [1.807, 2.05) is 64.2 Å². The Morgan fingerprint density at radius 3 is 2.63 bits per heavy atom. The highest BCUT2D eigenvalue weighted by Crippen LogP contribution is 2.17. The van der Waals surface area contributed by atoms with Crippen molar-refractivity contribution in [2.45, 2.75) is 26.1 Å². The number of methoxy groups -OCH3 is 1. The van der Waals surface area contributed by atoms with Gasteiger partial charge in [-0.15, -0.1) is 0 Å². The van der Waals surface area contributed by atoms with Gasteiger partial charge in [0, 0.05) is 13.1 Å². The number of amides is 2. The lowest BCUT2D eigenvalue weighted by molar-refractivity contribution is -0.132. The van der Waals surface area contributed by atoms with Crippen LogP contribution in [0.4, 0.5) is 0 Å². The molecule has 0 unspecified atom stereocenters. The maximum absolute atomic E-state index is 12.8. The van der Waals surface area contributed by atoms with E-state index in [1.165, 1.54) is 0 Å². The predicted molar refractivity (Wildman–Crippen MR) is 112 cm³/mol. The van der Waals surface area contributed by atoms with Crippen molar-refractivity contribution in [1.82, 2.24) is 20.0 Å². The van der Waals surface area contributed by atoms with E-state index in [2.05, 4.69) is 10.4 Å². The number of nitrogens with one attached hydrogen (secondary N) is 1. The van der Waals surface area contributed by atoms with Crippen molar-refractivity contribution in [3.05, 3.63) is 83.2 Å². The lowest BCUT2D eigenvalue weighted by Gasteiger charge is -2.27. The molecule has 0 bridgehead atoms. The third-order valence-electron chi connectivity index (χ3n) is 5.17. The van der Waals surface area contributed by atoms with Gasteiger partial charge < -0.3 is 15.0 Å². The van der Waals surface area contributed by atoms with E-state index in [4.69, 9.17) is 4.74 Å². The number of hydrogen-bond acceptors (Lipinski definition) is 4. The molecule has 7 nitrogen and oxygen atoms in total. The average Bonchev–Trinajstić information content (AvgIpc) is 3.22. The molecule has 154 valence electrons. The van der Waals surface area contributed by atoms with Crippen LogP contribution < -0.4 is 10.1 Å². The Balaban J connectivity index is 1.37. The number of benzene rings is 2. The Kier molecular flexibility index (Phi) is 5.79. The molecule has 7 heteroatoms. The van der Waals surface area contributed by atoms with Crippen molar-refractivity contribution in [3.8, 4) is 5.75 Å². The molecule has 2 amide bonds. The summed E-state index contributed by atoms with van der Waals surface area (Å²) in [6, 6.07) is 19.0. The molecule has 0 spiro atoms. The van der Waals surface area contributed by atoms with Crippen molar-refractivity contribution in [2.75, 3.05) is 13.7 Å². The van der Waals surface area contributed by atoms with Gasteiger partial charge in [0.25, 0.3) is 5.91 Å². The Morgan fingerprint density at radius 1 is 1.03 bits per heavy atom. The van der Waals surface area contributed by atoms with E-state index in [-0.39, 0.29) is 11.8 Å². The minimum absolute atomic E-state index is 0.0470. The fraction of sp³-hybridized carbons (Fsp3) is 0.261. The zero-order valence-corrected chi connectivity index (χ0v) is 16.9.